The zero-order valence-corrected chi connectivity index (χ0v) is 10.8. The van der Waals surface area contributed by atoms with E-state index in [-0.39, 0.29) is 18.6 Å². The minimum absolute atomic E-state index is 0.00394. The fourth-order valence-electron chi connectivity index (χ4n) is 1.48. The van der Waals surface area contributed by atoms with Gasteiger partial charge in [-0.25, -0.2) is 0 Å². The quantitative estimate of drug-likeness (QED) is 0.748. The lowest BCUT2D eigenvalue weighted by atomic mass is 10.2. The van der Waals surface area contributed by atoms with Crippen LogP contribution in [-0.2, 0) is 16.1 Å². The van der Waals surface area contributed by atoms with E-state index < -0.39 is 0 Å². The molecular weight excluding hydrogens is 232 g/mol. The average Bonchev–Trinajstić information content (AvgIpc) is 2.37. The van der Waals surface area contributed by atoms with Crippen molar-refractivity contribution in [1.82, 2.24) is 5.32 Å². The smallest absolute Gasteiger partial charge is 0.258 e. The highest BCUT2D eigenvalue weighted by molar-refractivity contribution is 5.77. The lowest BCUT2D eigenvalue weighted by Crippen LogP contribution is -2.38. The molecule has 5 heteroatoms. The second-order valence-corrected chi connectivity index (χ2v) is 4.06. The van der Waals surface area contributed by atoms with E-state index in [1.54, 1.807) is 19.2 Å². The minimum Gasteiger partial charge on any atom is -0.484 e. The summed E-state index contributed by atoms with van der Waals surface area (Å²) in [5.41, 5.74) is 6.52. The number of hydrogen-bond acceptors (Lipinski definition) is 4. The minimum atomic E-state index is -0.164. The van der Waals surface area contributed by atoms with Crippen molar-refractivity contribution in [3.8, 4) is 5.75 Å². The zero-order valence-electron chi connectivity index (χ0n) is 10.8. The van der Waals surface area contributed by atoms with Crippen LogP contribution in [0.5, 0.6) is 5.75 Å². The predicted octanol–water partition coefficient (Wildman–Crippen LogP) is 0.675. The zero-order chi connectivity index (χ0) is 13.4. The molecule has 0 aliphatic rings. The molecule has 5 nitrogen and oxygen atoms in total. The van der Waals surface area contributed by atoms with Gasteiger partial charge in [-0.3, -0.25) is 4.79 Å². The lowest BCUT2D eigenvalue weighted by molar-refractivity contribution is -0.124. The number of methoxy groups -OCH3 is 1. The van der Waals surface area contributed by atoms with Crippen LogP contribution in [0.15, 0.2) is 24.3 Å². The molecule has 1 rings (SSSR count). The van der Waals surface area contributed by atoms with E-state index in [1.165, 1.54) is 0 Å². The Morgan fingerprint density at radius 1 is 1.39 bits per heavy atom. The summed E-state index contributed by atoms with van der Waals surface area (Å²) < 4.78 is 10.3. The molecular formula is C13H20N2O3. The van der Waals surface area contributed by atoms with E-state index >= 15 is 0 Å². The van der Waals surface area contributed by atoms with Crippen LogP contribution in [0, 0.1) is 0 Å². The molecule has 1 amide bonds. The summed E-state index contributed by atoms with van der Waals surface area (Å²) in [4.78, 5) is 11.5. The van der Waals surface area contributed by atoms with Crippen LogP contribution in [-0.4, -0.2) is 32.3 Å². The van der Waals surface area contributed by atoms with Crippen LogP contribution in [0.1, 0.15) is 12.5 Å². The van der Waals surface area contributed by atoms with Gasteiger partial charge in [-0.15, -0.1) is 0 Å². The van der Waals surface area contributed by atoms with Crippen molar-refractivity contribution in [2.45, 2.75) is 19.5 Å². The number of hydrogen-bond donors (Lipinski definition) is 2. The molecule has 1 atom stereocenters. The summed E-state index contributed by atoms with van der Waals surface area (Å²) in [5.74, 6) is 0.490. The normalized spacial score (nSPS) is 11.9. The van der Waals surface area contributed by atoms with Gasteiger partial charge in [0.2, 0.25) is 0 Å². The van der Waals surface area contributed by atoms with E-state index in [0.717, 1.165) is 5.56 Å². The Bertz CT molecular complexity index is 365. The Morgan fingerprint density at radius 2 is 2.06 bits per heavy atom. The molecule has 0 radical (unpaired) electrons. The van der Waals surface area contributed by atoms with E-state index in [4.69, 9.17) is 15.2 Å². The van der Waals surface area contributed by atoms with Crippen molar-refractivity contribution >= 4 is 5.91 Å². The molecule has 0 aliphatic carbocycles. The number of rotatable bonds is 7. The maximum atomic E-state index is 11.5. The van der Waals surface area contributed by atoms with Gasteiger partial charge in [-0.1, -0.05) is 12.1 Å². The largest absolute Gasteiger partial charge is 0.484 e. The molecule has 100 valence electrons. The summed E-state index contributed by atoms with van der Waals surface area (Å²) >= 11 is 0. The molecule has 0 bridgehead atoms. The highest BCUT2D eigenvalue weighted by Crippen LogP contribution is 2.11. The molecule has 0 aromatic heterocycles. The number of ether oxygens (including phenoxy) is 2. The van der Waals surface area contributed by atoms with Crippen LogP contribution in [0.3, 0.4) is 0 Å². The van der Waals surface area contributed by atoms with E-state index in [2.05, 4.69) is 5.32 Å². The summed E-state index contributed by atoms with van der Waals surface area (Å²) in [6, 6.07) is 7.33. The Morgan fingerprint density at radius 3 is 2.61 bits per heavy atom. The van der Waals surface area contributed by atoms with E-state index in [9.17, 15) is 4.79 Å². The maximum Gasteiger partial charge on any atom is 0.258 e. The first-order chi connectivity index (χ1) is 8.65. The SMILES string of the molecule is COCC(C)NC(=O)COc1ccc(CN)cc1. The van der Waals surface area contributed by atoms with Gasteiger partial charge >= 0.3 is 0 Å². The number of carbonyl (C=O) groups excluding carboxylic acids is 1. The summed E-state index contributed by atoms with van der Waals surface area (Å²) in [5, 5.41) is 2.76. The molecule has 3 N–H and O–H groups in total. The molecule has 1 unspecified atom stereocenters. The fourth-order valence-corrected chi connectivity index (χ4v) is 1.48. The molecule has 0 saturated carbocycles. The molecule has 1 aromatic rings. The summed E-state index contributed by atoms with van der Waals surface area (Å²) in [6.07, 6.45) is 0. The molecule has 0 spiro atoms. The van der Waals surface area contributed by atoms with Gasteiger partial charge in [0.15, 0.2) is 6.61 Å². The standard InChI is InChI=1S/C13H20N2O3/c1-10(8-17-2)15-13(16)9-18-12-5-3-11(7-14)4-6-12/h3-6,10H,7-9,14H2,1-2H3,(H,15,16). The molecule has 1 aromatic carbocycles. The average molecular weight is 252 g/mol. The second-order valence-electron chi connectivity index (χ2n) is 4.06. The van der Waals surface area contributed by atoms with E-state index in [1.807, 2.05) is 19.1 Å². The van der Waals surface area contributed by atoms with Crippen LogP contribution in [0.2, 0.25) is 0 Å². The monoisotopic (exact) mass is 252 g/mol. The third-order valence-electron chi connectivity index (χ3n) is 2.35. The number of nitrogens with two attached hydrogens (primary N) is 1. The van der Waals surface area contributed by atoms with Crippen molar-refractivity contribution in [3.05, 3.63) is 29.8 Å². The summed E-state index contributed by atoms with van der Waals surface area (Å²) in [7, 11) is 1.60. The molecule has 0 fully saturated rings. The van der Waals surface area contributed by atoms with Crippen LogP contribution in [0.25, 0.3) is 0 Å². The first-order valence-electron chi connectivity index (χ1n) is 5.85. The second kappa shape index (κ2) is 7.68. The highest BCUT2D eigenvalue weighted by Gasteiger charge is 2.07. The Labute approximate surface area is 107 Å². The van der Waals surface area contributed by atoms with Crippen molar-refractivity contribution in [3.63, 3.8) is 0 Å². The highest BCUT2D eigenvalue weighted by atomic mass is 16.5. The fraction of sp³-hybridized carbons (Fsp3) is 0.462. The van der Waals surface area contributed by atoms with Gasteiger partial charge < -0.3 is 20.5 Å². The number of nitrogens with one attached hydrogen (secondary N) is 1. The van der Waals surface area contributed by atoms with Gasteiger partial charge in [0.25, 0.3) is 5.91 Å². The summed E-state index contributed by atoms with van der Waals surface area (Å²) in [6.45, 7) is 2.85. The van der Waals surface area contributed by atoms with Gasteiger partial charge in [0.05, 0.1) is 6.61 Å². The number of carbonyl (C=O) groups is 1. The van der Waals surface area contributed by atoms with Gasteiger partial charge in [0, 0.05) is 19.7 Å². The predicted molar refractivity (Wildman–Crippen MR) is 69.3 cm³/mol. The third kappa shape index (κ3) is 5.16. The van der Waals surface area contributed by atoms with Gasteiger partial charge in [-0.05, 0) is 24.6 Å². The van der Waals surface area contributed by atoms with Crippen molar-refractivity contribution in [2.75, 3.05) is 20.3 Å². The first-order valence-corrected chi connectivity index (χ1v) is 5.85. The number of amides is 1. The molecule has 18 heavy (non-hydrogen) atoms. The molecule has 0 aliphatic heterocycles. The topological polar surface area (TPSA) is 73.6 Å². The van der Waals surface area contributed by atoms with Crippen LogP contribution in [0.4, 0.5) is 0 Å². The molecule has 0 heterocycles. The Hall–Kier alpha value is -1.59. The Kier molecular flexibility index (Phi) is 6.18. The van der Waals surface area contributed by atoms with Crippen LogP contribution >= 0.6 is 0 Å². The maximum absolute atomic E-state index is 11.5. The number of benzene rings is 1. The Balaban J connectivity index is 2.33. The van der Waals surface area contributed by atoms with E-state index in [0.29, 0.717) is 18.9 Å². The van der Waals surface area contributed by atoms with Crippen molar-refractivity contribution < 1.29 is 14.3 Å². The lowest BCUT2D eigenvalue weighted by Gasteiger charge is -2.13. The van der Waals surface area contributed by atoms with Gasteiger partial charge in [-0.2, -0.15) is 0 Å². The first kappa shape index (κ1) is 14.5. The molecule has 0 saturated heterocycles. The van der Waals surface area contributed by atoms with Crippen LogP contribution < -0.4 is 15.8 Å². The van der Waals surface area contributed by atoms with Crippen molar-refractivity contribution in [2.24, 2.45) is 5.73 Å². The van der Waals surface area contributed by atoms with Gasteiger partial charge in [0.1, 0.15) is 5.75 Å². The third-order valence-corrected chi connectivity index (χ3v) is 2.35. The van der Waals surface area contributed by atoms with Crippen molar-refractivity contribution in [1.29, 1.82) is 0 Å².